The largest absolute Gasteiger partial charge is 0.497 e. The van der Waals surface area contributed by atoms with Crippen LogP contribution in [0.15, 0.2) is 125 Å². The lowest BCUT2D eigenvalue weighted by molar-refractivity contribution is -0.201. The molecule has 0 saturated carbocycles. The van der Waals surface area contributed by atoms with Gasteiger partial charge in [-0.25, -0.2) is 9.46 Å². The van der Waals surface area contributed by atoms with Crippen molar-refractivity contribution in [3.05, 3.63) is 158 Å². The summed E-state index contributed by atoms with van der Waals surface area (Å²) in [4.78, 5) is 28.1. The maximum atomic E-state index is 13.3. The number of hydrogen-bond donors (Lipinski definition) is 4. The Morgan fingerprint density at radius 3 is 2.00 bits per heavy atom. The number of hydrogen-bond acceptors (Lipinski definition) is 11. The lowest BCUT2D eigenvalue weighted by Crippen LogP contribution is -2.47. The smallest absolute Gasteiger partial charge is 0.330 e. The zero-order chi connectivity index (χ0) is 44.4. The first-order valence-corrected chi connectivity index (χ1v) is 22.0. The van der Waals surface area contributed by atoms with E-state index >= 15 is 0 Å². The summed E-state index contributed by atoms with van der Waals surface area (Å²) in [5.41, 5.74) is 0.994. The molecule has 6 rings (SSSR count). The van der Waals surface area contributed by atoms with Gasteiger partial charge in [0.15, 0.2) is 5.11 Å². The zero-order valence-corrected chi connectivity index (χ0v) is 37.8. The zero-order valence-electron chi connectivity index (χ0n) is 36.1. The van der Waals surface area contributed by atoms with Crippen LogP contribution in [0.5, 0.6) is 11.5 Å². The Balaban J connectivity index is 1.38. The molecular weight excluding hydrogens is 830 g/mol. The van der Waals surface area contributed by atoms with E-state index in [1.807, 2.05) is 137 Å². The quantitative estimate of drug-likeness (QED) is 0.0217. The predicted octanol–water partition coefficient (Wildman–Crippen LogP) is 7.21. The molecule has 1 aliphatic rings. The molecule has 4 aromatic carbocycles. The molecule has 62 heavy (non-hydrogen) atoms. The van der Waals surface area contributed by atoms with Crippen molar-refractivity contribution in [2.24, 2.45) is 0 Å². The number of anilines is 1. The van der Waals surface area contributed by atoms with E-state index in [1.54, 1.807) is 21.1 Å². The Labute approximate surface area is 369 Å². The Bertz CT molecular complexity index is 2280. The number of aromatic amines is 1. The number of ether oxygens (including phenoxy) is 4. The number of nitrogens with one attached hydrogen (secondary N) is 3. The van der Waals surface area contributed by atoms with Crippen molar-refractivity contribution in [3.8, 4) is 11.5 Å². The number of thiocarbonyl (C=S) groups is 1. The summed E-state index contributed by atoms with van der Waals surface area (Å²) >= 11 is 5.53. The summed E-state index contributed by atoms with van der Waals surface area (Å²) in [6.07, 6.45) is -1.03. The van der Waals surface area contributed by atoms with E-state index in [-0.39, 0.29) is 31.7 Å². The van der Waals surface area contributed by atoms with Gasteiger partial charge in [0.2, 0.25) is 5.79 Å². The molecule has 1 aromatic heterocycles. The first kappa shape index (κ1) is 46.5. The Hall–Kier alpha value is -4.96. The maximum absolute atomic E-state index is 13.3. The molecule has 16 heteroatoms. The number of benzene rings is 4. The second kappa shape index (κ2) is 20.9. The molecule has 0 radical (unpaired) electrons. The molecule has 4 atom stereocenters. The van der Waals surface area contributed by atoms with E-state index in [0.29, 0.717) is 28.7 Å². The van der Waals surface area contributed by atoms with Crippen LogP contribution in [0.2, 0.25) is 0 Å². The van der Waals surface area contributed by atoms with Crippen molar-refractivity contribution >= 4 is 31.5 Å². The lowest BCUT2D eigenvalue weighted by atomic mass is 9.80. The van der Waals surface area contributed by atoms with Gasteiger partial charge < -0.3 is 39.2 Å². The van der Waals surface area contributed by atoms with Gasteiger partial charge in [0.1, 0.15) is 29.4 Å². The number of aliphatic hydroxyl groups is 1. The molecule has 0 amide bonds. The van der Waals surface area contributed by atoms with Gasteiger partial charge in [0, 0.05) is 36.1 Å². The van der Waals surface area contributed by atoms with Crippen LogP contribution in [0.25, 0.3) is 0 Å². The van der Waals surface area contributed by atoms with Crippen LogP contribution < -0.4 is 31.4 Å². The van der Waals surface area contributed by atoms with Gasteiger partial charge in [-0.3, -0.25) is 18.9 Å². The topological polar surface area (TPSA) is 158 Å². The fraction of sp³-hybridized carbons (Fsp3) is 0.370. The SMILES string of the molecule is COc1ccc(C(OC[C@H]2O[C@@H](n3cc(C)c(=O)[nH]c3=O)C[C@]2(O)OP(OCCNC(=S)Nc2ccccc2)N(C(C)C)C(C)C)(c2ccccc2)c2ccc(OC)cc2)cc1. The number of rotatable bonds is 19. The molecule has 330 valence electrons. The van der Waals surface area contributed by atoms with Crippen molar-refractivity contribution in [2.45, 2.75) is 76.8 Å². The second-order valence-electron chi connectivity index (χ2n) is 15.4. The molecule has 0 aliphatic carbocycles. The van der Waals surface area contributed by atoms with Gasteiger partial charge in [-0.15, -0.1) is 0 Å². The fourth-order valence-corrected chi connectivity index (χ4v) is 9.43. The van der Waals surface area contributed by atoms with Crippen molar-refractivity contribution in [1.29, 1.82) is 0 Å². The molecule has 1 aliphatic heterocycles. The van der Waals surface area contributed by atoms with Crippen LogP contribution in [0.3, 0.4) is 0 Å². The first-order chi connectivity index (χ1) is 29.8. The standard InChI is InChI=1S/C46H56N5O9PS/c1-31(2)51(32(3)4)61(58-27-26-47-43(62)48-37-16-12-9-13-17-37)60-45(54)28-41(50-29-33(5)42(52)49-44(50)53)59-40(45)30-57-46(34-14-10-8-11-15-34,35-18-22-38(55-6)23-19-35)36-20-24-39(56-7)25-21-36/h8-25,29,31-32,40-41,54H,26-28,30H2,1-7H3,(H2,47,48,62)(H,49,52,53)/t40-,41-,45+,61?/m1/s1. The fourth-order valence-electron chi connectivity index (χ4n) is 7.46. The van der Waals surface area contributed by atoms with Crippen molar-refractivity contribution in [2.75, 3.05) is 39.3 Å². The molecule has 4 N–H and O–H groups in total. The second-order valence-corrected chi connectivity index (χ2v) is 17.2. The molecule has 1 saturated heterocycles. The molecule has 1 fully saturated rings. The Morgan fingerprint density at radius 2 is 1.45 bits per heavy atom. The third-order valence-electron chi connectivity index (χ3n) is 10.5. The number of aryl methyl sites for hydroxylation is 1. The van der Waals surface area contributed by atoms with E-state index in [1.165, 1.54) is 10.8 Å². The molecule has 2 heterocycles. The summed E-state index contributed by atoms with van der Waals surface area (Å²) < 4.78 is 41.5. The maximum Gasteiger partial charge on any atom is 0.330 e. The molecule has 14 nitrogen and oxygen atoms in total. The average Bonchev–Trinajstić information content (AvgIpc) is 3.59. The highest BCUT2D eigenvalue weighted by Gasteiger charge is 2.54. The van der Waals surface area contributed by atoms with Gasteiger partial charge in [-0.05, 0) is 99.9 Å². The molecule has 0 bridgehead atoms. The van der Waals surface area contributed by atoms with Crippen molar-refractivity contribution < 1.29 is 33.1 Å². The number of para-hydroxylation sites is 1. The lowest BCUT2D eigenvalue weighted by Gasteiger charge is -2.41. The first-order valence-electron chi connectivity index (χ1n) is 20.5. The Kier molecular flexibility index (Phi) is 15.7. The molecule has 0 spiro atoms. The molecular formula is C46H56N5O9PS. The normalized spacial score (nSPS) is 18.2. The Morgan fingerprint density at radius 1 is 0.903 bits per heavy atom. The summed E-state index contributed by atoms with van der Waals surface area (Å²) in [5, 5.41) is 19.7. The molecule has 5 aromatic rings. The van der Waals surface area contributed by atoms with E-state index in [9.17, 15) is 14.7 Å². The van der Waals surface area contributed by atoms with Crippen LogP contribution in [0.4, 0.5) is 5.69 Å². The highest BCUT2D eigenvalue weighted by atomic mass is 32.1. The minimum atomic E-state index is -2.08. The minimum absolute atomic E-state index is 0.0633. The third kappa shape index (κ3) is 10.8. The van der Waals surface area contributed by atoms with E-state index in [0.717, 1.165) is 22.4 Å². The van der Waals surface area contributed by atoms with Gasteiger partial charge in [-0.2, -0.15) is 0 Å². The van der Waals surface area contributed by atoms with Crippen molar-refractivity contribution in [3.63, 3.8) is 0 Å². The number of methoxy groups -OCH3 is 2. The van der Waals surface area contributed by atoms with Crippen LogP contribution in [-0.2, 0) is 24.1 Å². The summed E-state index contributed by atoms with van der Waals surface area (Å²) in [6.45, 7) is 9.98. The monoisotopic (exact) mass is 885 g/mol. The number of nitrogens with zero attached hydrogens (tertiary/aromatic N) is 2. The third-order valence-corrected chi connectivity index (χ3v) is 12.9. The summed E-state index contributed by atoms with van der Waals surface area (Å²) in [6, 6.07) is 34.4. The van der Waals surface area contributed by atoms with Gasteiger partial charge >= 0.3 is 5.69 Å². The number of H-pyrrole nitrogens is 1. The highest BCUT2D eigenvalue weighted by Crippen LogP contribution is 2.53. The van der Waals surface area contributed by atoms with E-state index in [4.69, 9.17) is 40.2 Å². The average molecular weight is 886 g/mol. The van der Waals surface area contributed by atoms with E-state index in [2.05, 4.69) is 20.3 Å². The summed E-state index contributed by atoms with van der Waals surface area (Å²) in [5.74, 6) is -0.758. The van der Waals surface area contributed by atoms with Crippen molar-refractivity contribution in [1.82, 2.24) is 19.5 Å². The summed E-state index contributed by atoms with van der Waals surface area (Å²) in [7, 11) is 1.23. The van der Waals surface area contributed by atoms with Gasteiger partial charge in [0.25, 0.3) is 14.1 Å². The molecule has 1 unspecified atom stereocenters. The highest BCUT2D eigenvalue weighted by molar-refractivity contribution is 7.80. The van der Waals surface area contributed by atoms with Gasteiger partial charge in [-0.1, -0.05) is 72.8 Å². The minimum Gasteiger partial charge on any atom is -0.497 e. The number of aromatic nitrogens is 2. The van der Waals surface area contributed by atoms with Crippen LogP contribution >= 0.6 is 20.7 Å². The van der Waals surface area contributed by atoms with Crippen LogP contribution in [0, 0.1) is 6.92 Å². The van der Waals surface area contributed by atoms with Crippen LogP contribution in [-0.4, -0.2) is 82.4 Å². The van der Waals surface area contributed by atoms with E-state index < -0.39 is 43.5 Å². The van der Waals surface area contributed by atoms with Crippen LogP contribution in [0.1, 0.15) is 62.6 Å². The van der Waals surface area contributed by atoms with Gasteiger partial charge in [0.05, 0.1) is 33.9 Å². The predicted molar refractivity (Wildman–Crippen MR) is 245 cm³/mol.